The molecule has 2 amide bonds. The van der Waals surface area contributed by atoms with Crippen LogP contribution in [0.3, 0.4) is 0 Å². The Morgan fingerprint density at radius 3 is 2.85 bits per heavy atom. The molecule has 1 aliphatic carbocycles. The van der Waals surface area contributed by atoms with Crippen molar-refractivity contribution < 1.29 is 13.9 Å². The molecule has 1 atom stereocenters. The smallest absolute Gasteiger partial charge is 0.322 e. The van der Waals surface area contributed by atoms with Gasteiger partial charge in [-0.3, -0.25) is 0 Å². The van der Waals surface area contributed by atoms with Crippen molar-refractivity contribution in [3.05, 3.63) is 40.1 Å². The van der Waals surface area contributed by atoms with Gasteiger partial charge in [-0.2, -0.15) is 0 Å². The average Bonchev–Trinajstić information content (AvgIpc) is 3.21. The van der Waals surface area contributed by atoms with Crippen LogP contribution >= 0.6 is 11.3 Å². The van der Waals surface area contributed by atoms with E-state index in [9.17, 15) is 9.18 Å². The minimum absolute atomic E-state index is 0.00831. The molecule has 1 unspecified atom stereocenters. The standard InChI is InChI=1S/C19H22FN3O2S/c1-12-21-16(11-26-12)17-6-3-9-23(17)19(24)22-13-7-8-18(15(20)10-13)25-14-4-2-5-14/h7-8,10-11,14,17H,2-6,9H2,1H3,(H,22,24). The molecule has 1 aromatic heterocycles. The Balaban J connectivity index is 1.43. The maximum Gasteiger partial charge on any atom is 0.322 e. The van der Waals surface area contributed by atoms with Crippen molar-refractivity contribution in [1.29, 1.82) is 0 Å². The molecule has 138 valence electrons. The number of rotatable bonds is 4. The van der Waals surface area contributed by atoms with E-state index in [4.69, 9.17) is 4.74 Å². The van der Waals surface area contributed by atoms with Crippen molar-refractivity contribution in [3.8, 4) is 5.75 Å². The van der Waals surface area contributed by atoms with Crippen LogP contribution < -0.4 is 10.1 Å². The fourth-order valence-corrected chi connectivity index (χ4v) is 4.05. The Bertz CT molecular complexity index is 806. The lowest BCUT2D eigenvalue weighted by molar-refractivity contribution is 0.115. The van der Waals surface area contributed by atoms with Gasteiger partial charge in [-0.05, 0) is 51.2 Å². The second kappa shape index (κ2) is 7.23. The van der Waals surface area contributed by atoms with Crippen molar-refractivity contribution in [2.75, 3.05) is 11.9 Å². The second-order valence-electron chi connectivity index (χ2n) is 6.89. The van der Waals surface area contributed by atoms with Gasteiger partial charge in [0.2, 0.25) is 0 Å². The number of halogens is 1. The molecule has 1 saturated carbocycles. The van der Waals surface area contributed by atoms with Crippen LogP contribution in [-0.4, -0.2) is 28.6 Å². The van der Waals surface area contributed by atoms with Gasteiger partial charge in [0.15, 0.2) is 11.6 Å². The summed E-state index contributed by atoms with van der Waals surface area (Å²) in [5.41, 5.74) is 1.38. The Hall–Kier alpha value is -2.15. The molecule has 5 nitrogen and oxygen atoms in total. The highest BCUT2D eigenvalue weighted by Crippen LogP contribution is 2.33. The fourth-order valence-electron chi connectivity index (χ4n) is 3.39. The number of urea groups is 1. The zero-order valence-corrected chi connectivity index (χ0v) is 15.5. The van der Waals surface area contributed by atoms with Gasteiger partial charge >= 0.3 is 6.03 Å². The van der Waals surface area contributed by atoms with Gasteiger partial charge in [0, 0.05) is 23.7 Å². The lowest BCUT2D eigenvalue weighted by Crippen LogP contribution is -2.34. The van der Waals surface area contributed by atoms with E-state index in [1.165, 1.54) is 6.07 Å². The summed E-state index contributed by atoms with van der Waals surface area (Å²) in [7, 11) is 0. The highest BCUT2D eigenvalue weighted by molar-refractivity contribution is 7.09. The van der Waals surface area contributed by atoms with Crippen molar-refractivity contribution in [2.45, 2.75) is 51.2 Å². The zero-order chi connectivity index (χ0) is 18.1. The van der Waals surface area contributed by atoms with Crippen LogP contribution in [-0.2, 0) is 0 Å². The number of thiazole rings is 1. The molecule has 1 saturated heterocycles. The number of nitrogens with one attached hydrogen (secondary N) is 1. The molecule has 0 radical (unpaired) electrons. The van der Waals surface area contributed by atoms with Gasteiger partial charge < -0.3 is 15.0 Å². The molecule has 4 rings (SSSR count). The molecule has 26 heavy (non-hydrogen) atoms. The first-order valence-electron chi connectivity index (χ1n) is 9.06. The summed E-state index contributed by atoms with van der Waals surface area (Å²) in [5, 5.41) is 5.82. The van der Waals surface area contributed by atoms with Crippen molar-refractivity contribution in [2.24, 2.45) is 0 Å². The van der Waals surface area contributed by atoms with Crippen molar-refractivity contribution in [1.82, 2.24) is 9.88 Å². The summed E-state index contributed by atoms with van der Waals surface area (Å²) in [5.74, 6) is -0.188. The first-order chi connectivity index (χ1) is 12.6. The van der Waals surface area contributed by atoms with Gasteiger partial charge in [0.25, 0.3) is 0 Å². The number of ether oxygens (including phenoxy) is 1. The minimum Gasteiger partial charge on any atom is -0.487 e. The first kappa shape index (κ1) is 17.3. The first-order valence-corrected chi connectivity index (χ1v) is 9.94. The lowest BCUT2D eigenvalue weighted by Gasteiger charge is -2.27. The molecule has 0 spiro atoms. The monoisotopic (exact) mass is 375 g/mol. The summed E-state index contributed by atoms with van der Waals surface area (Å²) < 4.78 is 19.9. The fraction of sp³-hybridized carbons (Fsp3) is 0.474. The summed E-state index contributed by atoms with van der Waals surface area (Å²) >= 11 is 1.59. The van der Waals surface area contributed by atoms with Crippen LogP contribution in [0.15, 0.2) is 23.6 Å². The minimum atomic E-state index is -0.442. The van der Waals surface area contributed by atoms with E-state index in [-0.39, 0.29) is 23.9 Å². The average molecular weight is 375 g/mol. The van der Waals surface area contributed by atoms with E-state index in [0.29, 0.717) is 12.2 Å². The number of likely N-dealkylation sites (tertiary alicyclic amines) is 1. The highest BCUT2D eigenvalue weighted by atomic mass is 32.1. The van der Waals surface area contributed by atoms with Gasteiger partial charge in [0.05, 0.1) is 22.8 Å². The number of carbonyl (C=O) groups excluding carboxylic acids is 1. The highest BCUT2D eigenvalue weighted by Gasteiger charge is 2.31. The van der Waals surface area contributed by atoms with Gasteiger partial charge in [-0.25, -0.2) is 14.2 Å². The number of anilines is 1. The largest absolute Gasteiger partial charge is 0.487 e. The van der Waals surface area contributed by atoms with Crippen LogP contribution in [0.5, 0.6) is 5.75 Å². The van der Waals surface area contributed by atoms with Crippen LogP contribution in [0.1, 0.15) is 48.8 Å². The predicted octanol–water partition coefficient (Wildman–Crippen LogP) is 4.89. The van der Waals surface area contributed by atoms with Crippen molar-refractivity contribution >= 4 is 23.1 Å². The summed E-state index contributed by atoms with van der Waals surface area (Å²) in [6.07, 6.45) is 5.05. The molecule has 1 aromatic carbocycles. The van der Waals surface area contributed by atoms with Crippen LogP contribution in [0.2, 0.25) is 0 Å². The Labute approximate surface area is 156 Å². The van der Waals surface area contributed by atoms with E-state index in [1.807, 2.05) is 12.3 Å². The Morgan fingerprint density at radius 1 is 1.35 bits per heavy atom. The number of amides is 2. The second-order valence-corrected chi connectivity index (χ2v) is 7.95. The maximum atomic E-state index is 14.2. The summed E-state index contributed by atoms with van der Waals surface area (Å²) in [6, 6.07) is 4.38. The molecule has 1 aliphatic heterocycles. The predicted molar refractivity (Wildman–Crippen MR) is 99.2 cm³/mol. The SMILES string of the molecule is Cc1nc(C2CCCN2C(=O)Nc2ccc(OC3CCC3)c(F)c2)cs1. The quantitative estimate of drug-likeness (QED) is 0.828. The number of hydrogen-bond donors (Lipinski definition) is 1. The van der Waals surface area contributed by atoms with Gasteiger partial charge in [0.1, 0.15) is 0 Å². The third-order valence-corrected chi connectivity index (χ3v) is 5.81. The summed E-state index contributed by atoms with van der Waals surface area (Å²) in [6.45, 7) is 2.64. The van der Waals surface area contributed by atoms with E-state index in [0.717, 1.165) is 42.8 Å². The van der Waals surface area contributed by atoms with E-state index >= 15 is 0 Å². The Kier molecular flexibility index (Phi) is 4.80. The number of aromatic nitrogens is 1. The normalized spacial score (nSPS) is 20.1. The molecule has 2 aromatic rings. The van der Waals surface area contributed by atoms with Gasteiger partial charge in [-0.1, -0.05) is 0 Å². The number of carbonyl (C=O) groups is 1. The van der Waals surface area contributed by atoms with Crippen LogP contribution in [0.25, 0.3) is 0 Å². The third-order valence-electron chi connectivity index (χ3n) is 5.02. The number of nitrogens with zero attached hydrogens (tertiary/aromatic N) is 2. The van der Waals surface area contributed by atoms with Crippen LogP contribution in [0, 0.1) is 12.7 Å². The summed E-state index contributed by atoms with van der Waals surface area (Å²) in [4.78, 5) is 19.0. The van der Waals surface area contributed by atoms with Crippen molar-refractivity contribution in [3.63, 3.8) is 0 Å². The lowest BCUT2D eigenvalue weighted by atomic mass is 9.96. The van der Waals surface area contributed by atoms with Crippen LogP contribution in [0.4, 0.5) is 14.9 Å². The van der Waals surface area contributed by atoms with E-state index in [2.05, 4.69) is 10.3 Å². The zero-order valence-electron chi connectivity index (χ0n) is 14.7. The topological polar surface area (TPSA) is 54.5 Å². The number of benzene rings is 1. The molecule has 2 heterocycles. The molecule has 2 fully saturated rings. The molecule has 7 heteroatoms. The van der Waals surface area contributed by atoms with Gasteiger partial charge in [-0.15, -0.1) is 11.3 Å². The molecule has 1 N–H and O–H groups in total. The molecular formula is C19H22FN3O2S. The Morgan fingerprint density at radius 2 is 2.19 bits per heavy atom. The van der Waals surface area contributed by atoms with E-state index in [1.54, 1.807) is 28.4 Å². The van der Waals surface area contributed by atoms with E-state index < -0.39 is 5.82 Å². The number of aryl methyl sites for hydroxylation is 1. The molecular weight excluding hydrogens is 353 g/mol. The third kappa shape index (κ3) is 3.53. The molecule has 2 aliphatic rings. The number of hydrogen-bond acceptors (Lipinski definition) is 4. The maximum absolute atomic E-state index is 14.2. The molecule has 0 bridgehead atoms.